The molecule has 6 heteroatoms. The molecule has 0 aromatic heterocycles. The number of likely N-dealkylation sites (N-methyl/N-ethyl adjacent to an activating group) is 1. The molecule has 2 N–H and O–H groups in total. The highest BCUT2D eigenvalue weighted by atomic mass is 16.5. The van der Waals surface area contributed by atoms with Crippen molar-refractivity contribution in [3.63, 3.8) is 0 Å². The fourth-order valence-corrected chi connectivity index (χ4v) is 2.38. The van der Waals surface area contributed by atoms with Gasteiger partial charge in [-0.1, -0.05) is 6.07 Å². The number of fused-ring (bicyclic) bond motifs is 1. The maximum Gasteiger partial charge on any atom is 0.260 e. The Morgan fingerprint density at radius 2 is 2.15 bits per heavy atom. The summed E-state index contributed by atoms with van der Waals surface area (Å²) in [6.07, 6.45) is -1.07. The molecule has 0 bridgehead atoms. The van der Waals surface area contributed by atoms with Gasteiger partial charge in [0.05, 0.1) is 18.9 Å². The van der Waals surface area contributed by atoms with E-state index in [1.807, 2.05) is 17.0 Å². The molecule has 0 aliphatic carbocycles. The molecule has 1 unspecified atom stereocenters. The molecule has 0 saturated carbocycles. The Kier molecular flexibility index (Phi) is 4.59. The number of aliphatic hydroxyl groups excluding tert-OH is 2. The Hall–Kier alpha value is -1.63. The van der Waals surface area contributed by atoms with E-state index in [0.717, 1.165) is 5.69 Å². The van der Waals surface area contributed by atoms with Crippen molar-refractivity contribution in [1.29, 1.82) is 0 Å². The molecule has 1 atom stereocenters. The molecule has 1 aromatic rings. The predicted molar refractivity (Wildman–Crippen MR) is 76.0 cm³/mol. The predicted octanol–water partition coefficient (Wildman–Crippen LogP) is 0.141. The summed E-state index contributed by atoms with van der Waals surface area (Å²) >= 11 is 0. The number of hydrogen-bond donors (Lipinski definition) is 2. The molecular weight excluding hydrogens is 260 g/mol. The maximum atomic E-state index is 11.7. The van der Waals surface area contributed by atoms with Crippen LogP contribution in [0.15, 0.2) is 18.2 Å². The zero-order chi connectivity index (χ0) is 14.7. The number of anilines is 2. The van der Waals surface area contributed by atoms with Crippen LogP contribution >= 0.6 is 0 Å². The van der Waals surface area contributed by atoms with E-state index in [-0.39, 0.29) is 12.5 Å². The van der Waals surface area contributed by atoms with Gasteiger partial charge in [-0.05, 0) is 12.1 Å². The molecule has 0 saturated heterocycles. The smallest absolute Gasteiger partial charge is 0.260 e. The van der Waals surface area contributed by atoms with Crippen molar-refractivity contribution in [2.24, 2.45) is 0 Å². The Morgan fingerprint density at radius 3 is 2.80 bits per heavy atom. The minimum atomic E-state index is -1.07. The van der Waals surface area contributed by atoms with Crippen molar-refractivity contribution in [3.8, 4) is 0 Å². The van der Waals surface area contributed by atoms with Crippen LogP contribution in [0.25, 0.3) is 0 Å². The molecule has 0 fully saturated rings. The lowest BCUT2D eigenvalue weighted by Gasteiger charge is -2.24. The zero-order valence-corrected chi connectivity index (χ0v) is 11.7. The minimum absolute atomic E-state index is 0.0399. The van der Waals surface area contributed by atoms with E-state index in [1.165, 1.54) is 4.90 Å². The summed E-state index contributed by atoms with van der Waals surface area (Å²) in [4.78, 5) is 15.2. The molecule has 1 amide bonds. The third-order valence-corrected chi connectivity index (χ3v) is 3.53. The average molecular weight is 280 g/mol. The van der Waals surface area contributed by atoms with Gasteiger partial charge in [0.2, 0.25) is 0 Å². The summed E-state index contributed by atoms with van der Waals surface area (Å²) < 4.78 is 5.06. The summed E-state index contributed by atoms with van der Waals surface area (Å²) in [5.74, 6) is -0.317. The van der Waals surface area contributed by atoms with Crippen LogP contribution in [0.5, 0.6) is 0 Å². The van der Waals surface area contributed by atoms with Crippen molar-refractivity contribution in [3.05, 3.63) is 23.8 Å². The van der Waals surface area contributed by atoms with Crippen LogP contribution in [0.3, 0.4) is 0 Å². The van der Waals surface area contributed by atoms with E-state index in [0.29, 0.717) is 30.9 Å². The van der Waals surface area contributed by atoms with Crippen LogP contribution in [0.4, 0.5) is 11.4 Å². The number of amides is 1. The minimum Gasteiger partial charge on any atom is -0.395 e. The number of rotatable bonds is 6. The van der Waals surface area contributed by atoms with E-state index >= 15 is 0 Å². The Morgan fingerprint density at radius 1 is 1.40 bits per heavy atom. The lowest BCUT2D eigenvalue weighted by Crippen LogP contribution is -2.30. The number of hydrogen-bond acceptors (Lipinski definition) is 5. The first-order valence-electron chi connectivity index (χ1n) is 6.54. The SMILES string of the molecule is COCCN(CCO)c1ccc2c(c1)N(C)C(=O)C2O. The molecule has 0 spiro atoms. The van der Waals surface area contributed by atoms with Crippen LogP contribution in [-0.2, 0) is 9.53 Å². The highest BCUT2D eigenvalue weighted by Gasteiger charge is 2.33. The number of carbonyl (C=O) groups is 1. The summed E-state index contributed by atoms with van der Waals surface area (Å²) in [5.41, 5.74) is 2.22. The molecule has 1 aliphatic rings. The largest absolute Gasteiger partial charge is 0.395 e. The molecule has 110 valence electrons. The first-order valence-corrected chi connectivity index (χ1v) is 6.54. The number of benzene rings is 1. The van der Waals surface area contributed by atoms with E-state index in [4.69, 9.17) is 9.84 Å². The highest BCUT2D eigenvalue weighted by molar-refractivity contribution is 6.03. The molecule has 20 heavy (non-hydrogen) atoms. The van der Waals surface area contributed by atoms with Crippen LogP contribution in [-0.4, -0.2) is 56.6 Å². The number of ether oxygens (including phenoxy) is 1. The summed E-state index contributed by atoms with van der Waals surface area (Å²) in [7, 11) is 3.27. The van der Waals surface area contributed by atoms with E-state index in [2.05, 4.69) is 0 Å². The third-order valence-electron chi connectivity index (χ3n) is 3.53. The Bertz CT molecular complexity index is 492. The fraction of sp³-hybridized carbons (Fsp3) is 0.500. The van der Waals surface area contributed by atoms with Gasteiger partial charge in [0, 0.05) is 38.5 Å². The van der Waals surface area contributed by atoms with Gasteiger partial charge in [-0.25, -0.2) is 0 Å². The molecule has 2 rings (SSSR count). The van der Waals surface area contributed by atoms with E-state index < -0.39 is 6.10 Å². The van der Waals surface area contributed by atoms with Crippen LogP contribution in [0, 0.1) is 0 Å². The topological polar surface area (TPSA) is 73.2 Å². The maximum absolute atomic E-state index is 11.7. The van der Waals surface area contributed by atoms with Crippen LogP contribution < -0.4 is 9.80 Å². The van der Waals surface area contributed by atoms with Gasteiger partial charge in [-0.3, -0.25) is 4.79 Å². The number of carbonyl (C=O) groups excluding carboxylic acids is 1. The molecular formula is C14H20N2O4. The molecule has 0 radical (unpaired) electrons. The van der Waals surface area contributed by atoms with Gasteiger partial charge < -0.3 is 24.7 Å². The van der Waals surface area contributed by atoms with Crippen LogP contribution in [0.2, 0.25) is 0 Å². The van der Waals surface area contributed by atoms with Gasteiger partial charge in [0.15, 0.2) is 6.10 Å². The first kappa shape index (κ1) is 14.8. The third kappa shape index (κ3) is 2.63. The molecule has 6 nitrogen and oxygen atoms in total. The Labute approximate surface area is 118 Å². The van der Waals surface area contributed by atoms with E-state index in [9.17, 15) is 9.90 Å². The molecule has 1 aromatic carbocycles. The second-order valence-electron chi connectivity index (χ2n) is 4.75. The van der Waals surface area contributed by atoms with Crippen molar-refractivity contribution in [2.45, 2.75) is 6.10 Å². The van der Waals surface area contributed by atoms with Crippen molar-refractivity contribution in [1.82, 2.24) is 0 Å². The van der Waals surface area contributed by atoms with Gasteiger partial charge in [-0.15, -0.1) is 0 Å². The average Bonchev–Trinajstić information content (AvgIpc) is 2.68. The van der Waals surface area contributed by atoms with Gasteiger partial charge >= 0.3 is 0 Å². The number of aliphatic hydroxyl groups is 2. The lowest BCUT2D eigenvalue weighted by atomic mass is 10.1. The van der Waals surface area contributed by atoms with Crippen molar-refractivity contribution in [2.75, 3.05) is 50.3 Å². The quantitative estimate of drug-likeness (QED) is 0.775. The van der Waals surface area contributed by atoms with Crippen molar-refractivity contribution < 1.29 is 19.7 Å². The van der Waals surface area contributed by atoms with E-state index in [1.54, 1.807) is 20.2 Å². The summed E-state index contributed by atoms with van der Waals surface area (Å²) in [6.45, 7) is 1.73. The van der Waals surface area contributed by atoms with Crippen molar-refractivity contribution >= 4 is 17.3 Å². The Balaban J connectivity index is 2.28. The molecule has 1 heterocycles. The fourth-order valence-electron chi connectivity index (χ4n) is 2.38. The van der Waals surface area contributed by atoms with Gasteiger partial charge in [-0.2, -0.15) is 0 Å². The number of methoxy groups -OCH3 is 1. The monoisotopic (exact) mass is 280 g/mol. The highest BCUT2D eigenvalue weighted by Crippen LogP contribution is 2.37. The molecule has 1 aliphatic heterocycles. The van der Waals surface area contributed by atoms with Gasteiger partial charge in [0.1, 0.15) is 0 Å². The standard InChI is InChI=1S/C14H20N2O4/c1-15-12-9-10(16(5-7-17)6-8-20-2)3-4-11(12)13(18)14(15)19/h3-4,9,13,17-18H,5-8H2,1-2H3. The lowest BCUT2D eigenvalue weighted by molar-refractivity contribution is -0.125. The summed E-state index contributed by atoms with van der Waals surface area (Å²) in [5, 5.41) is 19.0. The second-order valence-corrected chi connectivity index (χ2v) is 4.75. The van der Waals surface area contributed by atoms with Gasteiger partial charge in [0.25, 0.3) is 5.91 Å². The first-order chi connectivity index (χ1) is 9.60. The normalized spacial score (nSPS) is 17.5. The number of nitrogens with zero attached hydrogens (tertiary/aromatic N) is 2. The zero-order valence-electron chi connectivity index (χ0n) is 11.7. The van der Waals surface area contributed by atoms with Crippen LogP contribution in [0.1, 0.15) is 11.7 Å². The summed E-state index contributed by atoms with van der Waals surface area (Å²) in [6, 6.07) is 5.46. The second kappa shape index (κ2) is 6.21.